The highest BCUT2D eigenvalue weighted by atomic mass is 16.3. The van der Waals surface area contributed by atoms with Crippen LogP contribution in [0.3, 0.4) is 0 Å². The van der Waals surface area contributed by atoms with Crippen molar-refractivity contribution >= 4 is 5.91 Å². The molecule has 0 saturated heterocycles. The van der Waals surface area contributed by atoms with Crippen molar-refractivity contribution in [1.29, 1.82) is 0 Å². The number of amides is 1. The van der Waals surface area contributed by atoms with E-state index in [9.17, 15) is 9.90 Å². The van der Waals surface area contributed by atoms with E-state index >= 15 is 0 Å². The Balaban J connectivity index is 1.87. The molecular formula is C21H27NO2. The number of phenols is 1. The summed E-state index contributed by atoms with van der Waals surface area (Å²) in [7, 11) is 0. The van der Waals surface area contributed by atoms with Crippen LogP contribution in [-0.4, -0.2) is 17.6 Å². The van der Waals surface area contributed by atoms with Crippen LogP contribution in [0.5, 0.6) is 5.75 Å². The van der Waals surface area contributed by atoms with Crippen LogP contribution in [0.25, 0.3) is 0 Å². The minimum atomic E-state index is -0.0927. The standard InChI is InChI=1S/C21H27NO2/c1-3-16(2)20(18-9-5-4-6-10-18)21(24)22-15-7-8-17-11-13-19(23)14-12-17/h4-6,9-14,16,20,23H,3,7-8,15H2,1-2H3,(H,22,24). The molecule has 1 amide bonds. The summed E-state index contributed by atoms with van der Waals surface area (Å²) in [5.41, 5.74) is 2.26. The fourth-order valence-electron chi connectivity index (χ4n) is 2.91. The van der Waals surface area contributed by atoms with Gasteiger partial charge in [0, 0.05) is 6.54 Å². The second-order valence-electron chi connectivity index (χ2n) is 6.33. The minimum Gasteiger partial charge on any atom is -0.508 e. The molecule has 24 heavy (non-hydrogen) atoms. The third kappa shape index (κ3) is 5.12. The van der Waals surface area contributed by atoms with E-state index in [1.807, 2.05) is 42.5 Å². The molecule has 2 unspecified atom stereocenters. The fourth-order valence-corrected chi connectivity index (χ4v) is 2.91. The van der Waals surface area contributed by atoms with Crippen LogP contribution in [-0.2, 0) is 11.2 Å². The molecule has 0 aliphatic carbocycles. The lowest BCUT2D eigenvalue weighted by molar-refractivity contribution is -0.123. The number of rotatable bonds is 8. The Morgan fingerprint density at radius 3 is 2.38 bits per heavy atom. The molecule has 2 atom stereocenters. The molecule has 0 aliphatic rings. The third-order valence-electron chi connectivity index (χ3n) is 4.53. The SMILES string of the molecule is CCC(C)C(C(=O)NCCCc1ccc(O)cc1)c1ccccc1. The molecule has 0 aliphatic heterocycles. The summed E-state index contributed by atoms with van der Waals surface area (Å²) in [6, 6.07) is 17.3. The van der Waals surface area contributed by atoms with Crippen LogP contribution < -0.4 is 5.32 Å². The molecule has 3 nitrogen and oxygen atoms in total. The maximum atomic E-state index is 12.7. The molecule has 0 bridgehead atoms. The first-order chi connectivity index (χ1) is 11.6. The highest BCUT2D eigenvalue weighted by Crippen LogP contribution is 2.27. The summed E-state index contributed by atoms with van der Waals surface area (Å²) in [4.78, 5) is 12.7. The highest BCUT2D eigenvalue weighted by molar-refractivity contribution is 5.83. The van der Waals surface area contributed by atoms with Gasteiger partial charge in [-0.3, -0.25) is 4.79 Å². The number of nitrogens with one attached hydrogen (secondary N) is 1. The van der Waals surface area contributed by atoms with Crippen molar-refractivity contribution < 1.29 is 9.90 Å². The molecule has 0 fully saturated rings. The second-order valence-corrected chi connectivity index (χ2v) is 6.33. The molecule has 2 aromatic rings. The quantitative estimate of drug-likeness (QED) is 0.712. The smallest absolute Gasteiger partial charge is 0.227 e. The fraction of sp³-hybridized carbons (Fsp3) is 0.381. The zero-order valence-corrected chi connectivity index (χ0v) is 14.5. The lowest BCUT2D eigenvalue weighted by Gasteiger charge is -2.22. The average molecular weight is 325 g/mol. The van der Waals surface area contributed by atoms with Crippen LogP contribution in [0.1, 0.15) is 43.7 Å². The van der Waals surface area contributed by atoms with E-state index in [2.05, 4.69) is 19.2 Å². The Labute approximate surface area is 144 Å². The molecule has 0 aromatic heterocycles. The van der Waals surface area contributed by atoms with Gasteiger partial charge in [-0.05, 0) is 42.0 Å². The molecule has 3 heteroatoms. The molecule has 2 rings (SSSR count). The number of hydrogen-bond acceptors (Lipinski definition) is 2. The monoisotopic (exact) mass is 325 g/mol. The van der Waals surface area contributed by atoms with Gasteiger partial charge in [0.1, 0.15) is 5.75 Å². The van der Waals surface area contributed by atoms with Gasteiger partial charge in [-0.2, -0.15) is 0 Å². The van der Waals surface area contributed by atoms with Gasteiger partial charge < -0.3 is 10.4 Å². The number of carbonyl (C=O) groups excluding carboxylic acids is 1. The number of carbonyl (C=O) groups is 1. The van der Waals surface area contributed by atoms with E-state index in [0.717, 1.165) is 24.8 Å². The second kappa shape index (κ2) is 9.11. The number of hydrogen-bond donors (Lipinski definition) is 2. The largest absolute Gasteiger partial charge is 0.508 e. The molecule has 0 saturated carbocycles. The van der Waals surface area contributed by atoms with Crippen molar-refractivity contribution in [3.05, 3.63) is 65.7 Å². The Morgan fingerprint density at radius 1 is 1.08 bits per heavy atom. The summed E-state index contributed by atoms with van der Waals surface area (Å²) < 4.78 is 0. The Bertz CT molecular complexity index is 622. The lowest BCUT2D eigenvalue weighted by atomic mass is 9.85. The van der Waals surface area contributed by atoms with Crippen LogP contribution in [0.4, 0.5) is 0 Å². The van der Waals surface area contributed by atoms with Crippen LogP contribution >= 0.6 is 0 Å². The Morgan fingerprint density at radius 2 is 1.75 bits per heavy atom. The molecule has 0 heterocycles. The molecule has 2 aromatic carbocycles. The van der Waals surface area contributed by atoms with Gasteiger partial charge in [-0.15, -0.1) is 0 Å². The van der Waals surface area contributed by atoms with Crippen molar-refractivity contribution in [3.8, 4) is 5.75 Å². The third-order valence-corrected chi connectivity index (χ3v) is 4.53. The number of phenolic OH excluding ortho intramolecular Hbond substituents is 1. The van der Waals surface area contributed by atoms with E-state index < -0.39 is 0 Å². The number of aromatic hydroxyl groups is 1. The summed E-state index contributed by atoms with van der Waals surface area (Å²) >= 11 is 0. The predicted octanol–water partition coefficient (Wildman–Crippen LogP) is 4.27. The average Bonchev–Trinajstić information content (AvgIpc) is 2.61. The molecule has 0 spiro atoms. The van der Waals surface area contributed by atoms with Crippen LogP contribution in [0.2, 0.25) is 0 Å². The van der Waals surface area contributed by atoms with Crippen molar-refractivity contribution in [2.75, 3.05) is 6.54 Å². The molecule has 0 radical (unpaired) electrons. The number of benzene rings is 2. The van der Waals surface area contributed by atoms with E-state index in [-0.39, 0.29) is 17.6 Å². The van der Waals surface area contributed by atoms with Gasteiger partial charge in [0.2, 0.25) is 5.91 Å². The molecular weight excluding hydrogens is 298 g/mol. The first-order valence-corrected chi connectivity index (χ1v) is 8.72. The van der Waals surface area contributed by atoms with E-state index in [1.165, 1.54) is 5.56 Å². The van der Waals surface area contributed by atoms with Crippen molar-refractivity contribution in [2.45, 2.75) is 39.0 Å². The maximum absolute atomic E-state index is 12.7. The van der Waals surface area contributed by atoms with Gasteiger partial charge in [0.05, 0.1) is 5.92 Å². The van der Waals surface area contributed by atoms with Crippen molar-refractivity contribution in [2.24, 2.45) is 5.92 Å². The maximum Gasteiger partial charge on any atom is 0.227 e. The van der Waals surface area contributed by atoms with E-state index in [4.69, 9.17) is 0 Å². The minimum absolute atomic E-state index is 0.0927. The summed E-state index contributed by atoms with van der Waals surface area (Å²) in [6.07, 6.45) is 2.75. The normalized spacial score (nSPS) is 13.2. The van der Waals surface area contributed by atoms with Crippen molar-refractivity contribution in [1.82, 2.24) is 5.32 Å². The van der Waals surface area contributed by atoms with Gasteiger partial charge in [0.15, 0.2) is 0 Å². The van der Waals surface area contributed by atoms with Gasteiger partial charge in [-0.1, -0.05) is 62.7 Å². The Hall–Kier alpha value is -2.29. The molecule has 2 N–H and O–H groups in total. The van der Waals surface area contributed by atoms with Crippen molar-refractivity contribution in [3.63, 3.8) is 0 Å². The first kappa shape index (κ1) is 18.1. The Kier molecular flexibility index (Phi) is 6.86. The zero-order chi connectivity index (χ0) is 17.4. The summed E-state index contributed by atoms with van der Waals surface area (Å²) in [5, 5.41) is 12.4. The predicted molar refractivity (Wildman–Crippen MR) is 98.1 cm³/mol. The summed E-state index contributed by atoms with van der Waals surface area (Å²) in [6.45, 7) is 4.92. The van der Waals surface area contributed by atoms with Gasteiger partial charge in [-0.25, -0.2) is 0 Å². The van der Waals surface area contributed by atoms with Gasteiger partial charge >= 0.3 is 0 Å². The first-order valence-electron chi connectivity index (χ1n) is 8.72. The number of aryl methyl sites for hydroxylation is 1. The van der Waals surface area contributed by atoms with E-state index in [0.29, 0.717) is 12.5 Å². The highest BCUT2D eigenvalue weighted by Gasteiger charge is 2.25. The molecule has 128 valence electrons. The topological polar surface area (TPSA) is 49.3 Å². The van der Waals surface area contributed by atoms with Crippen LogP contribution in [0, 0.1) is 5.92 Å². The zero-order valence-electron chi connectivity index (χ0n) is 14.5. The van der Waals surface area contributed by atoms with Crippen LogP contribution in [0.15, 0.2) is 54.6 Å². The van der Waals surface area contributed by atoms with E-state index in [1.54, 1.807) is 12.1 Å². The lowest BCUT2D eigenvalue weighted by Crippen LogP contribution is -2.33. The van der Waals surface area contributed by atoms with Gasteiger partial charge in [0.25, 0.3) is 0 Å². The summed E-state index contributed by atoms with van der Waals surface area (Å²) in [5.74, 6) is 0.613.